The number of fused-ring (bicyclic) bond motifs is 1. The highest BCUT2D eigenvalue weighted by molar-refractivity contribution is 6.53. The number of hydrogen-bond acceptors (Lipinski definition) is 3. The van der Waals surface area contributed by atoms with Gasteiger partial charge in [0.15, 0.2) is 0 Å². The van der Waals surface area contributed by atoms with Gasteiger partial charge in [-0.05, 0) is 25.0 Å². The van der Waals surface area contributed by atoms with Crippen molar-refractivity contribution in [3.05, 3.63) is 71.3 Å². The van der Waals surface area contributed by atoms with Crippen molar-refractivity contribution in [2.45, 2.75) is 25.8 Å². The number of benzene rings is 2. The summed E-state index contributed by atoms with van der Waals surface area (Å²) in [4.78, 5) is 29.4. The maximum atomic E-state index is 12.5. The number of nitrogens with zero attached hydrogens (tertiary/aromatic N) is 1. The van der Waals surface area contributed by atoms with E-state index in [9.17, 15) is 9.59 Å². The van der Waals surface area contributed by atoms with E-state index in [1.54, 1.807) is 12.1 Å². The van der Waals surface area contributed by atoms with Gasteiger partial charge >= 0.3 is 0 Å². The zero-order valence-electron chi connectivity index (χ0n) is 12.6. The Morgan fingerprint density at radius 3 is 2.27 bits per heavy atom. The smallest absolute Gasteiger partial charge is 0.229 e. The molecular weight excluding hydrogens is 274 g/mol. The van der Waals surface area contributed by atoms with Crippen LogP contribution < -0.4 is 0 Å². The lowest BCUT2D eigenvalue weighted by atomic mass is 9.90. The van der Waals surface area contributed by atoms with Crippen LogP contribution in [0.3, 0.4) is 0 Å². The van der Waals surface area contributed by atoms with Gasteiger partial charge in [0.25, 0.3) is 0 Å². The van der Waals surface area contributed by atoms with Gasteiger partial charge in [0.2, 0.25) is 11.6 Å². The summed E-state index contributed by atoms with van der Waals surface area (Å²) in [6.45, 7) is 3.94. The molecule has 110 valence electrons. The maximum Gasteiger partial charge on any atom is 0.229 e. The molecule has 3 nitrogen and oxygen atoms in total. The molecule has 0 spiro atoms. The second-order valence-electron chi connectivity index (χ2n) is 5.69. The second-order valence-corrected chi connectivity index (χ2v) is 5.69. The number of carbonyl (C=O) groups excluding carboxylic acids is 2. The number of hydrogen-bond donors (Lipinski definition) is 0. The third-order valence-corrected chi connectivity index (χ3v) is 3.74. The highest BCUT2D eigenvalue weighted by Gasteiger charge is 2.41. The van der Waals surface area contributed by atoms with Gasteiger partial charge in [0.1, 0.15) is 0 Å². The molecule has 1 unspecified atom stereocenters. The van der Waals surface area contributed by atoms with Crippen molar-refractivity contribution >= 4 is 17.3 Å². The van der Waals surface area contributed by atoms with Crippen molar-refractivity contribution in [3.8, 4) is 0 Å². The summed E-state index contributed by atoms with van der Waals surface area (Å²) in [7, 11) is 0. The first-order valence-corrected chi connectivity index (χ1v) is 7.40. The van der Waals surface area contributed by atoms with E-state index < -0.39 is 11.7 Å². The Kier molecular flexibility index (Phi) is 3.72. The molecule has 22 heavy (non-hydrogen) atoms. The third kappa shape index (κ3) is 2.39. The molecule has 0 saturated heterocycles. The van der Waals surface area contributed by atoms with Gasteiger partial charge in [0, 0.05) is 11.6 Å². The summed E-state index contributed by atoms with van der Waals surface area (Å²) in [5.74, 6) is -1.38. The SMILES string of the molecule is CC(C)N=C(c1ccccc1)C1C(=O)C(=O)c2ccccc21. The number of carbonyl (C=O) groups is 2. The maximum absolute atomic E-state index is 12.5. The van der Waals surface area contributed by atoms with Crippen LogP contribution in [0.4, 0.5) is 0 Å². The van der Waals surface area contributed by atoms with E-state index in [0.29, 0.717) is 11.3 Å². The Hall–Kier alpha value is -2.55. The molecule has 0 N–H and O–H groups in total. The topological polar surface area (TPSA) is 46.5 Å². The molecule has 3 heteroatoms. The second kappa shape index (κ2) is 5.68. The summed E-state index contributed by atoms with van der Waals surface area (Å²) < 4.78 is 0. The van der Waals surface area contributed by atoms with E-state index >= 15 is 0 Å². The molecule has 0 saturated carbocycles. The summed E-state index contributed by atoms with van der Waals surface area (Å²) >= 11 is 0. The Labute approximate surface area is 129 Å². The zero-order valence-corrected chi connectivity index (χ0v) is 12.6. The molecule has 1 aliphatic carbocycles. The normalized spacial score (nSPS) is 18.0. The van der Waals surface area contributed by atoms with Gasteiger partial charge < -0.3 is 0 Å². The summed E-state index contributed by atoms with van der Waals surface area (Å²) in [6.07, 6.45) is 0. The van der Waals surface area contributed by atoms with Crippen LogP contribution in [0.25, 0.3) is 0 Å². The summed E-state index contributed by atoms with van der Waals surface area (Å²) in [5, 5.41) is 0. The van der Waals surface area contributed by atoms with Gasteiger partial charge in [-0.1, -0.05) is 54.6 Å². The molecule has 2 aromatic rings. The van der Waals surface area contributed by atoms with Gasteiger partial charge in [-0.25, -0.2) is 0 Å². The Morgan fingerprint density at radius 2 is 1.59 bits per heavy atom. The van der Waals surface area contributed by atoms with Crippen LogP contribution in [0, 0.1) is 0 Å². The van der Waals surface area contributed by atoms with Crippen LogP contribution >= 0.6 is 0 Å². The van der Waals surface area contributed by atoms with Gasteiger partial charge in [-0.2, -0.15) is 0 Å². The van der Waals surface area contributed by atoms with E-state index in [1.807, 2.05) is 56.3 Å². The minimum absolute atomic E-state index is 0.0471. The first kappa shape index (κ1) is 14.4. The number of Topliss-reactive ketones (excluding diaryl/α,β-unsaturated/α-hetero) is 2. The Morgan fingerprint density at radius 1 is 0.955 bits per heavy atom. The summed E-state index contributed by atoms with van der Waals surface area (Å²) in [5.41, 5.74) is 2.84. The van der Waals surface area contributed by atoms with Crippen molar-refractivity contribution in [2.75, 3.05) is 0 Å². The third-order valence-electron chi connectivity index (χ3n) is 3.74. The Balaban J connectivity index is 2.18. The first-order chi connectivity index (χ1) is 10.6. The fourth-order valence-electron chi connectivity index (χ4n) is 2.83. The van der Waals surface area contributed by atoms with Crippen LogP contribution in [-0.2, 0) is 4.79 Å². The molecule has 0 aromatic heterocycles. The van der Waals surface area contributed by atoms with E-state index in [4.69, 9.17) is 0 Å². The van der Waals surface area contributed by atoms with E-state index in [-0.39, 0.29) is 11.8 Å². The van der Waals surface area contributed by atoms with Crippen LogP contribution in [0.2, 0.25) is 0 Å². The molecule has 3 rings (SSSR count). The van der Waals surface area contributed by atoms with Crippen molar-refractivity contribution in [3.63, 3.8) is 0 Å². The quantitative estimate of drug-likeness (QED) is 0.642. The first-order valence-electron chi connectivity index (χ1n) is 7.40. The molecule has 1 atom stereocenters. The summed E-state index contributed by atoms with van der Waals surface area (Å²) in [6, 6.07) is 16.9. The molecule has 1 aliphatic rings. The lowest BCUT2D eigenvalue weighted by Gasteiger charge is -2.15. The molecule has 0 amide bonds. The lowest BCUT2D eigenvalue weighted by molar-refractivity contribution is -0.114. The zero-order chi connectivity index (χ0) is 15.7. The highest BCUT2D eigenvalue weighted by Crippen LogP contribution is 2.33. The lowest BCUT2D eigenvalue weighted by Crippen LogP contribution is -2.23. The highest BCUT2D eigenvalue weighted by atomic mass is 16.2. The molecule has 2 aromatic carbocycles. The molecule has 0 aliphatic heterocycles. The fourth-order valence-corrected chi connectivity index (χ4v) is 2.83. The van der Waals surface area contributed by atoms with Crippen LogP contribution in [0.15, 0.2) is 59.6 Å². The van der Waals surface area contributed by atoms with Gasteiger partial charge in [-0.3, -0.25) is 14.6 Å². The standard InChI is InChI=1S/C19H17NO2/c1-12(2)20-17(13-8-4-3-5-9-13)16-14-10-6-7-11-15(14)18(21)19(16)22/h3-12,16H,1-2H3. The van der Waals surface area contributed by atoms with Crippen molar-refractivity contribution in [1.29, 1.82) is 0 Å². The fraction of sp³-hybridized carbons (Fsp3) is 0.211. The van der Waals surface area contributed by atoms with Crippen molar-refractivity contribution < 1.29 is 9.59 Å². The molecule has 0 bridgehead atoms. The van der Waals surface area contributed by atoms with E-state index in [2.05, 4.69) is 4.99 Å². The largest absolute Gasteiger partial charge is 0.289 e. The molecule has 0 radical (unpaired) electrons. The minimum atomic E-state index is -0.589. The monoisotopic (exact) mass is 291 g/mol. The predicted molar refractivity (Wildman–Crippen MR) is 86.6 cm³/mol. The van der Waals surface area contributed by atoms with E-state index in [1.165, 1.54) is 0 Å². The van der Waals surface area contributed by atoms with Crippen LogP contribution in [0.1, 0.15) is 41.3 Å². The van der Waals surface area contributed by atoms with Gasteiger partial charge in [0.05, 0.1) is 11.6 Å². The molecule has 0 fully saturated rings. The molecule has 0 heterocycles. The van der Waals surface area contributed by atoms with E-state index in [0.717, 1.165) is 11.1 Å². The number of rotatable bonds is 3. The Bertz CT molecular complexity index is 760. The minimum Gasteiger partial charge on any atom is -0.289 e. The number of aliphatic imine (C=N–C) groups is 1. The van der Waals surface area contributed by atoms with Crippen molar-refractivity contribution in [1.82, 2.24) is 0 Å². The molecular formula is C19H17NO2. The van der Waals surface area contributed by atoms with Crippen molar-refractivity contribution in [2.24, 2.45) is 4.99 Å². The predicted octanol–water partition coefficient (Wildman–Crippen LogP) is 3.43. The average molecular weight is 291 g/mol. The average Bonchev–Trinajstić information content (AvgIpc) is 2.78. The van der Waals surface area contributed by atoms with Crippen LogP contribution in [-0.4, -0.2) is 23.3 Å². The van der Waals surface area contributed by atoms with Crippen LogP contribution in [0.5, 0.6) is 0 Å². The number of ketones is 2. The van der Waals surface area contributed by atoms with Gasteiger partial charge in [-0.15, -0.1) is 0 Å².